The Morgan fingerprint density at radius 3 is 2.93 bits per heavy atom. The number of H-pyrrole nitrogens is 1. The standard InChI is InChI=1S/C10H13N5/c1-2-6-15(7-3-1)10-9-8(12-14-10)4-5-11-13-9/h4-5H,1-3,6-7H2,(H,12,14). The molecule has 3 rings (SSSR count). The monoisotopic (exact) mass is 203 g/mol. The molecule has 1 aliphatic heterocycles. The lowest BCUT2D eigenvalue weighted by Crippen LogP contribution is -2.29. The highest BCUT2D eigenvalue weighted by Gasteiger charge is 2.17. The molecule has 0 aromatic carbocycles. The lowest BCUT2D eigenvalue weighted by Gasteiger charge is -2.26. The van der Waals surface area contributed by atoms with E-state index in [0.717, 1.165) is 29.9 Å². The highest BCUT2D eigenvalue weighted by Crippen LogP contribution is 2.23. The Morgan fingerprint density at radius 2 is 2.07 bits per heavy atom. The van der Waals surface area contributed by atoms with Crippen LogP contribution in [0.5, 0.6) is 0 Å². The van der Waals surface area contributed by atoms with Gasteiger partial charge in [0.2, 0.25) is 0 Å². The molecule has 0 atom stereocenters. The lowest BCUT2D eigenvalue weighted by atomic mass is 10.1. The van der Waals surface area contributed by atoms with Crippen molar-refractivity contribution in [2.24, 2.45) is 0 Å². The molecule has 1 aliphatic rings. The van der Waals surface area contributed by atoms with Crippen molar-refractivity contribution in [1.82, 2.24) is 20.4 Å². The van der Waals surface area contributed by atoms with Gasteiger partial charge in [-0.05, 0) is 25.3 Å². The molecule has 3 heterocycles. The van der Waals surface area contributed by atoms with Crippen LogP contribution in [-0.4, -0.2) is 33.5 Å². The van der Waals surface area contributed by atoms with E-state index in [1.165, 1.54) is 19.3 Å². The first-order chi connectivity index (χ1) is 7.45. The molecular formula is C10H13N5. The molecule has 0 spiro atoms. The van der Waals surface area contributed by atoms with E-state index < -0.39 is 0 Å². The predicted molar refractivity (Wildman–Crippen MR) is 57.7 cm³/mol. The number of anilines is 1. The molecule has 1 N–H and O–H groups in total. The van der Waals surface area contributed by atoms with Crippen molar-refractivity contribution >= 4 is 16.9 Å². The number of hydrogen-bond donors (Lipinski definition) is 1. The van der Waals surface area contributed by atoms with E-state index in [1.807, 2.05) is 6.07 Å². The molecule has 5 nitrogen and oxygen atoms in total. The number of nitrogens with zero attached hydrogens (tertiary/aromatic N) is 4. The van der Waals surface area contributed by atoms with Crippen molar-refractivity contribution in [1.29, 1.82) is 0 Å². The van der Waals surface area contributed by atoms with Crippen LogP contribution in [0, 0.1) is 0 Å². The number of nitrogens with one attached hydrogen (secondary N) is 1. The highest BCUT2D eigenvalue weighted by atomic mass is 15.3. The predicted octanol–water partition coefficient (Wildman–Crippen LogP) is 1.34. The van der Waals surface area contributed by atoms with Crippen LogP contribution in [0.1, 0.15) is 19.3 Å². The van der Waals surface area contributed by atoms with Crippen LogP contribution < -0.4 is 4.90 Å². The molecule has 1 fully saturated rings. The number of rotatable bonds is 1. The summed E-state index contributed by atoms with van der Waals surface area (Å²) in [5, 5.41) is 15.3. The third-order valence-electron chi connectivity index (χ3n) is 2.87. The van der Waals surface area contributed by atoms with Gasteiger partial charge in [-0.15, -0.1) is 5.10 Å². The van der Waals surface area contributed by atoms with E-state index in [4.69, 9.17) is 0 Å². The molecule has 2 aromatic rings. The first kappa shape index (κ1) is 8.64. The van der Waals surface area contributed by atoms with Gasteiger partial charge in [0.15, 0.2) is 11.3 Å². The number of aromatic nitrogens is 4. The second-order valence-electron chi connectivity index (χ2n) is 3.89. The molecule has 5 heteroatoms. The fourth-order valence-corrected chi connectivity index (χ4v) is 2.08. The molecule has 0 saturated carbocycles. The van der Waals surface area contributed by atoms with E-state index in [0.29, 0.717) is 0 Å². The fraction of sp³-hybridized carbons (Fsp3) is 0.500. The quantitative estimate of drug-likeness (QED) is 0.760. The van der Waals surface area contributed by atoms with Gasteiger partial charge in [0, 0.05) is 13.1 Å². The maximum atomic E-state index is 4.32. The number of aromatic amines is 1. The van der Waals surface area contributed by atoms with E-state index in [2.05, 4.69) is 25.3 Å². The minimum atomic E-state index is 0.888. The molecule has 1 saturated heterocycles. The van der Waals surface area contributed by atoms with Gasteiger partial charge in [0.25, 0.3) is 0 Å². The highest BCUT2D eigenvalue weighted by molar-refractivity contribution is 5.85. The van der Waals surface area contributed by atoms with Crippen molar-refractivity contribution in [3.8, 4) is 0 Å². The molecule has 2 aromatic heterocycles. The lowest BCUT2D eigenvalue weighted by molar-refractivity contribution is 0.573. The van der Waals surface area contributed by atoms with Crippen LogP contribution >= 0.6 is 0 Å². The summed E-state index contributed by atoms with van der Waals surface area (Å²) in [5.74, 6) is 0.956. The van der Waals surface area contributed by atoms with Crippen molar-refractivity contribution < 1.29 is 0 Å². The summed E-state index contributed by atoms with van der Waals surface area (Å²) in [4.78, 5) is 2.29. The van der Waals surface area contributed by atoms with E-state index in [1.54, 1.807) is 6.20 Å². The van der Waals surface area contributed by atoms with E-state index >= 15 is 0 Å². The molecular weight excluding hydrogens is 190 g/mol. The van der Waals surface area contributed by atoms with Crippen molar-refractivity contribution in [2.75, 3.05) is 18.0 Å². The summed E-state index contributed by atoms with van der Waals surface area (Å²) in [6.45, 7) is 2.16. The molecule has 0 bridgehead atoms. The third kappa shape index (κ3) is 1.44. The third-order valence-corrected chi connectivity index (χ3v) is 2.87. The van der Waals surface area contributed by atoms with Gasteiger partial charge in [0.05, 0.1) is 11.7 Å². The van der Waals surface area contributed by atoms with E-state index in [-0.39, 0.29) is 0 Å². The van der Waals surface area contributed by atoms with Gasteiger partial charge in [-0.3, -0.25) is 5.10 Å². The summed E-state index contributed by atoms with van der Waals surface area (Å²) >= 11 is 0. The minimum Gasteiger partial charge on any atom is -0.353 e. The molecule has 15 heavy (non-hydrogen) atoms. The Balaban J connectivity index is 2.02. The Morgan fingerprint density at radius 1 is 1.20 bits per heavy atom. The summed E-state index contributed by atoms with van der Waals surface area (Å²) in [5.41, 5.74) is 1.85. The van der Waals surface area contributed by atoms with Gasteiger partial charge in [0.1, 0.15) is 0 Å². The number of piperidine rings is 1. The molecule has 78 valence electrons. The molecule has 0 unspecified atom stereocenters. The Hall–Kier alpha value is -1.65. The Bertz CT molecular complexity index is 458. The van der Waals surface area contributed by atoms with Crippen molar-refractivity contribution in [2.45, 2.75) is 19.3 Å². The second kappa shape index (κ2) is 3.49. The SMILES string of the molecule is c1cc2[nH]nc(N3CCCCC3)c2nn1. The van der Waals surface area contributed by atoms with Crippen LogP contribution in [0.4, 0.5) is 5.82 Å². The average molecular weight is 203 g/mol. The topological polar surface area (TPSA) is 57.7 Å². The number of fused-ring (bicyclic) bond motifs is 1. The zero-order chi connectivity index (χ0) is 10.1. The van der Waals surface area contributed by atoms with Crippen LogP contribution in [0.25, 0.3) is 11.0 Å². The summed E-state index contributed by atoms with van der Waals surface area (Å²) < 4.78 is 0. The van der Waals surface area contributed by atoms with Gasteiger partial charge < -0.3 is 4.90 Å². The van der Waals surface area contributed by atoms with Gasteiger partial charge in [-0.25, -0.2) is 0 Å². The fourth-order valence-electron chi connectivity index (χ4n) is 2.08. The maximum absolute atomic E-state index is 4.32. The maximum Gasteiger partial charge on any atom is 0.178 e. The first-order valence-electron chi connectivity index (χ1n) is 5.36. The van der Waals surface area contributed by atoms with Gasteiger partial charge in [-0.1, -0.05) is 0 Å². The molecule has 0 aliphatic carbocycles. The van der Waals surface area contributed by atoms with Crippen molar-refractivity contribution in [3.63, 3.8) is 0 Å². The normalized spacial score (nSPS) is 17.2. The Labute approximate surface area is 87.5 Å². The summed E-state index contributed by atoms with van der Waals surface area (Å²) in [6, 6.07) is 1.91. The average Bonchev–Trinajstić information content (AvgIpc) is 2.74. The minimum absolute atomic E-state index is 0.888. The van der Waals surface area contributed by atoms with Crippen LogP contribution in [0.2, 0.25) is 0 Å². The second-order valence-corrected chi connectivity index (χ2v) is 3.89. The summed E-state index contributed by atoms with van der Waals surface area (Å²) in [7, 11) is 0. The number of hydrogen-bond acceptors (Lipinski definition) is 4. The van der Waals surface area contributed by atoms with Gasteiger partial charge >= 0.3 is 0 Å². The molecule has 0 radical (unpaired) electrons. The van der Waals surface area contributed by atoms with Crippen molar-refractivity contribution in [3.05, 3.63) is 12.3 Å². The zero-order valence-corrected chi connectivity index (χ0v) is 8.48. The van der Waals surface area contributed by atoms with Crippen LogP contribution in [-0.2, 0) is 0 Å². The van der Waals surface area contributed by atoms with Gasteiger partial charge in [-0.2, -0.15) is 10.2 Å². The molecule has 0 amide bonds. The first-order valence-corrected chi connectivity index (χ1v) is 5.36. The zero-order valence-electron chi connectivity index (χ0n) is 8.48. The Kier molecular flexibility index (Phi) is 2.01. The summed E-state index contributed by atoms with van der Waals surface area (Å²) in [6.07, 6.45) is 5.49. The smallest absolute Gasteiger partial charge is 0.178 e. The van der Waals surface area contributed by atoms with E-state index in [9.17, 15) is 0 Å². The van der Waals surface area contributed by atoms with Crippen LogP contribution in [0.15, 0.2) is 12.3 Å². The largest absolute Gasteiger partial charge is 0.353 e. The van der Waals surface area contributed by atoms with Crippen LogP contribution in [0.3, 0.4) is 0 Å².